The van der Waals surface area contributed by atoms with Crippen LogP contribution in [0.2, 0.25) is 0 Å². The number of hydrogen-bond donors (Lipinski definition) is 1. The molecule has 1 aliphatic rings. The molecule has 1 saturated heterocycles. The van der Waals surface area contributed by atoms with E-state index in [9.17, 15) is 4.79 Å². The van der Waals surface area contributed by atoms with Crippen LogP contribution in [0, 0.1) is 6.92 Å². The highest BCUT2D eigenvalue weighted by Crippen LogP contribution is 2.25. The Bertz CT molecular complexity index is 1010. The maximum absolute atomic E-state index is 11.0. The summed E-state index contributed by atoms with van der Waals surface area (Å²) >= 11 is 0. The molecule has 1 amide bonds. The van der Waals surface area contributed by atoms with Gasteiger partial charge in [0, 0.05) is 32.0 Å². The number of amides is 1. The van der Waals surface area contributed by atoms with Crippen LogP contribution in [0.5, 0.6) is 11.8 Å². The molecule has 3 aromatic heterocycles. The van der Waals surface area contributed by atoms with Crippen LogP contribution in [0.4, 0.5) is 4.79 Å². The molecule has 4 heterocycles. The third kappa shape index (κ3) is 3.26. The van der Waals surface area contributed by atoms with Crippen LogP contribution >= 0.6 is 0 Å². The van der Waals surface area contributed by atoms with Gasteiger partial charge in [-0.1, -0.05) is 5.21 Å². The second kappa shape index (κ2) is 7.25. The van der Waals surface area contributed by atoms with Gasteiger partial charge in [0.1, 0.15) is 12.4 Å². The maximum Gasteiger partial charge on any atom is 0.407 e. The molecule has 28 heavy (non-hydrogen) atoms. The van der Waals surface area contributed by atoms with Crippen molar-refractivity contribution in [2.45, 2.75) is 25.9 Å². The number of aryl methyl sites for hydroxylation is 1. The van der Waals surface area contributed by atoms with Gasteiger partial charge < -0.3 is 19.5 Å². The molecule has 0 aliphatic carbocycles. The third-order valence-electron chi connectivity index (χ3n) is 4.66. The fourth-order valence-corrected chi connectivity index (χ4v) is 3.17. The van der Waals surface area contributed by atoms with E-state index in [1.54, 1.807) is 17.9 Å². The molecule has 4 rings (SSSR count). The Kier molecular flexibility index (Phi) is 4.63. The third-order valence-corrected chi connectivity index (χ3v) is 4.66. The maximum atomic E-state index is 11.0. The number of fused-ring (bicyclic) bond motifs is 1. The van der Waals surface area contributed by atoms with Crippen LogP contribution < -0.4 is 9.47 Å². The van der Waals surface area contributed by atoms with E-state index in [0.717, 1.165) is 5.69 Å². The number of aromatic nitrogens is 6. The summed E-state index contributed by atoms with van der Waals surface area (Å²) in [6.45, 7) is 2.70. The van der Waals surface area contributed by atoms with Crippen LogP contribution in [0.1, 0.15) is 18.5 Å². The van der Waals surface area contributed by atoms with Gasteiger partial charge in [-0.05, 0) is 13.0 Å². The highest BCUT2D eigenvalue weighted by Gasteiger charge is 2.25. The summed E-state index contributed by atoms with van der Waals surface area (Å²) in [5.74, 6) is 0.848. The molecule has 146 valence electrons. The molecule has 0 spiro atoms. The Labute approximate surface area is 159 Å². The molecule has 0 aromatic carbocycles. The van der Waals surface area contributed by atoms with Crippen LogP contribution in [0.25, 0.3) is 16.9 Å². The van der Waals surface area contributed by atoms with Crippen molar-refractivity contribution in [1.82, 2.24) is 34.8 Å². The van der Waals surface area contributed by atoms with Crippen molar-refractivity contribution in [2.75, 3.05) is 20.2 Å². The molecular formula is C17H19N7O4. The second-order valence-corrected chi connectivity index (χ2v) is 6.40. The number of carboxylic acid groups (broad SMARTS) is 1. The van der Waals surface area contributed by atoms with E-state index in [1.165, 1.54) is 11.2 Å². The number of likely N-dealkylation sites (tertiary alicyclic amines) is 1. The minimum Gasteiger partial charge on any atom is -0.481 e. The molecule has 0 unspecified atom stereocenters. The van der Waals surface area contributed by atoms with Gasteiger partial charge in [-0.25, -0.2) is 14.8 Å². The fraction of sp³-hybridized carbons (Fsp3) is 0.412. The van der Waals surface area contributed by atoms with E-state index < -0.39 is 6.09 Å². The Hall–Kier alpha value is -3.50. The largest absolute Gasteiger partial charge is 0.481 e. The van der Waals surface area contributed by atoms with Gasteiger partial charge in [-0.2, -0.15) is 9.67 Å². The minimum absolute atomic E-state index is 0.136. The zero-order chi connectivity index (χ0) is 19.7. The van der Waals surface area contributed by atoms with E-state index in [4.69, 9.17) is 14.6 Å². The van der Waals surface area contributed by atoms with E-state index in [2.05, 4.69) is 25.3 Å². The lowest BCUT2D eigenvalue weighted by Gasteiger charge is -2.29. The van der Waals surface area contributed by atoms with E-state index in [-0.39, 0.29) is 6.10 Å². The first-order valence-electron chi connectivity index (χ1n) is 8.79. The van der Waals surface area contributed by atoms with Crippen LogP contribution in [0.3, 0.4) is 0 Å². The summed E-state index contributed by atoms with van der Waals surface area (Å²) in [7, 11) is 1.56. The molecule has 1 aliphatic heterocycles. The van der Waals surface area contributed by atoms with Crippen molar-refractivity contribution in [3.05, 3.63) is 24.2 Å². The van der Waals surface area contributed by atoms with Gasteiger partial charge in [0.25, 0.3) is 0 Å². The fourth-order valence-electron chi connectivity index (χ4n) is 3.17. The van der Waals surface area contributed by atoms with Crippen LogP contribution in [-0.4, -0.2) is 72.3 Å². The topological polar surface area (TPSA) is 128 Å². The van der Waals surface area contributed by atoms with Crippen molar-refractivity contribution >= 4 is 17.3 Å². The Morgan fingerprint density at radius 1 is 1.25 bits per heavy atom. The van der Waals surface area contributed by atoms with Crippen molar-refractivity contribution in [1.29, 1.82) is 0 Å². The number of rotatable bonds is 4. The van der Waals surface area contributed by atoms with Crippen molar-refractivity contribution in [2.24, 2.45) is 0 Å². The van der Waals surface area contributed by atoms with Gasteiger partial charge in [-0.3, -0.25) is 0 Å². The first kappa shape index (κ1) is 17.9. The number of hydrogen-bond acceptors (Lipinski definition) is 8. The smallest absolute Gasteiger partial charge is 0.407 e. The summed E-state index contributed by atoms with van der Waals surface area (Å²) in [6, 6.07) is 3.57. The second-order valence-electron chi connectivity index (χ2n) is 6.40. The van der Waals surface area contributed by atoms with Crippen molar-refractivity contribution < 1.29 is 19.4 Å². The monoisotopic (exact) mass is 385 g/mol. The number of pyridine rings is 1. The highest BCUT2D eigenvalue weighted by atomic mass is 16.5. The number of piperidine rings is 1. The first-order valence-corrected chi connectivity index (χ1v) is 8.79. The first-order chi connectivity index (χ1) is 13.6. The standard InChI is InChI=1S/C17H19N7O4/c1-10-12(3-4-13(20-10)27-2)24-15-14(21-22-24)16(19-9-18-15)28-11-5-7-23(8-6-11)17(25)26/h3-4,9,11H,5-8H2,1-2H3,(H,25,26). The lowest BCUT2D eigenvalue weighted by atomic mass is 10.1. The minimum atomic E-state index is -0.908. The van der Waals surface area contributed by atoms with Gasteiger partial charge in [0.2, 0.25) is 11.8 Å². The molecule has 0 bridgehead atoms. The average Bonchev–Trinajstić information content (AvgIpc) is 3.13. The molecule has 0 radical (unpaired) electrons. The molecule has 3 aromatic rings. The number of methoxy groups -OCH3 is 1. The zero-order valence-electron chi connectivity index (χ0n) is 15.4. The SMILES string of the molecule is COc1ccc(-n2nnc3c(OC4CCN(C(=O)O)CC4)ncnc32)c(C)n1. The molecule has 1 N–H and O–H groups in total. The zero-order valence-corrected chi connectivity index (χ0v) is 15.4. The molecule has 11 nitrogen and oxygen atoms in total. The lowest BCUT2D eigenvalue weighted by Crippen LogP contribution is -2.41. The van der Waals surface area contributed by atoms with E-state index in [0.29, 0.717) is 54.5 Å². The lowest BCUT2D eigenvalue weighted by molar-refractivity contribution is 0.0878. The van der Waals surface area contributed by atoms with E-state index in [1.807, 2.05) is 13.0 Å². The molecule has 1 fully saturated rings. The van der Waals surface area contributed by atoms with Gasteiger partial charge in [0.05, 0.1) is 18.5 Å². The number of ether oxygens (including phenoxy) is 2. The van der Waals surface area contributed by atoms with Gasteiger partial charge in [-0.15, -0.1) is 5.10 Å². The van der Waals surface area contributed by atoms with Crippen LogP contribution in [0.15, 0.2) is 18.5 Å². The van der Waals surface area contributed by atoms with Crippen molar-refractivity contribution in [3.8, 4) is 17.4 Å². The van der Waals surface area contributed by atoms with Gasteiger partial charge in [0.15, 0.2) is 11.2 Å². The number of carbonyl (C=O) groups is 1. The normalized spacial score (nSPS) is 15.0. The Morgan fingerprint density at radius 3 is 2.71 bits per heavy atom. The molecule has 11 heteroatoms. The predicted octanol–water partition coefficient (Wildman–Crippen LogP) is 1.44. The summed E-state index contributed by atoms with van der Waals surface area (Å²) in [5.41, 5.74) is 2.39. The molecular weight excluding hydrogens is 366 g/mol. The number of nitrogens with zero attached hydrogens (tertiary/aromatic N) is 7. The summed E-state index contributed by atoms with van der Waals surface area (Å²) < 4.78 is 12.7. The Balaban J connectivity index is 1.60. The Morgan fingerprint density at radius 2 is 2.04 bits per heavy atom. The van der Waals surface area contributed by atoms with E-state index >= 15 is 0 Å². The summed E-state index contributed by atoms with van der Waals surface area (Å²) in [4.78, 5) is 25.3. The summed E-state index contributed by atoms with van der Waals surface area (Å²) in [6.07, 6.45) is 1.54. The van der Waals surface area contributed by atoms with Crippen LogP contribution in [-0.2, 0) is 0 Å². The van der Waals surface area contributed by atoms with Gasteiger partial charge >= 0.3 is 6.09 Å². The predicted molar refractivity (Wildman–Crippen MR) is 96.8 cm³/mol. The average molecular weight is 385 g/mol. The van der Waals surface area contributed by atoms with Crippen molar-refractivity contribution in [3.63, 3.8) is 0 Å². The highest BCUT2D eigenvalue weighted by molar-refractivity contribution is 5.76. The molecule has 0 atom stereocenters. The summed E-state index contributed by atoms with van der Waals surface area (Å²) in [5, 5.41) is 17.4. The molecule has 0 saturated carbocycles. The quantitative estimate of drug-likeness (QED) is 0.709.